The molecule has 16 heavy (non-hydrogen) atoms. The summed E-state index contributed by atoms with van der Waals surface area (Å²) in [5, 5.41) is 6.80. The molecule has 0 spiro atoms. The number of halogens is 2. The first-order valence-corrected chi connectivity index (χ1v) is 13.2. The van der Waals surface area contributed by atoms with Crippen molar-refractivity contribution in [3.8, 4) is 0 Å². The van der Waals surface area contributed by atoms with E-state index < -0.39 is 0 Å². The maximum atomic E-state index is 3.40. The molecular formula is C8H4I2N2Se4. The van der Waals surface area contributed by atoms with Crippen molar-refractivity contribution in [2.24, 2.45) is 0 Å². The van der Waals surface area contributed by atoms with Crippen LogP contribution in [-0.2, 0) is 0 Å². The van der Waals surface area contributed by atoms with Crippen molar-refractivity contribution in [1.29, 1.82) is 0 Å². The fraction of sp³-hybridized carbons (Fsp3) is 0. The summed E-state index contributed by atoms with van der Waals surface area (Å²) >= 11 is 7.55. The third kappa shape index (κ3) is 2.67. The second kappa shape index (κ2) is 5.61. The van der Waals surface area contributed by atoms with Gasteiger partial charge in [-0.1, -0.05) is 0 Å². The van der Waals surface area contributed by atoms with Crippen LogP contribution in [0.4, 0.5) is 0 Å². The van der Waals surface area contributed by atoms with Crippen LogP contribution in [0.15, 0.2) is 33.3 Å². The summed E-state index contributed by atoms with van der Waals surface area (Å²) in [4.78, 5) is 0. The Morgan fingerprint density at radius 2 is 1.19 bits per heavy atom. The zero-order valence-corrected chi connectivity index (χ0v) is 18.7. The molecule has 3 aliphatic rings. The Morgan fingerprint density at radius 1 is 0.750 bits per heavy atom. The summed E-state index contributed by atoms with van der Waals surface area (Å²) in [6, 6.07) is 0. The zero-order valence-electron chi connectivity index (χ0n) is 7.54. The van der Waals surface area contributed by atoms with Gasteiger partial charge in [-0.3, -0.25) is 0 Å². The maximum absolute atomic E-state index is 3.40. The van der Waals surface area contributed by atoms with E-state index in [-0.39, 0.29) is 0 Å². The molecule has 3 rings (SSSR count). The Bertz CT molecular complexity index is 442. The van der Waals surface area contributed by atoms with Gasteiger partial charge in [-0.2, -0.15) is 0 Å². The quantitative estimate of drug-likeness (QED) is 0.289. The number of nitrogens with one attached hydrogen (secondary N) is 2. The number of hydrogen-bond acceptors (Lipinski definition) is 2. The van der Waals surface area contributed by atoms with E-state index in [2.05, 4.69) is 55.8 Å². The molecule has 0 bridgehead atoms. The summed E-state index contributed by atoms with van der Waals surface area (Å²) in [6.07, 6.45) is 4.03. The molecule has 0 atom stereocenters. The average molecular weight is 698 g/mol. The molecule has 0 saturated carbocycles. The van der Waals surface area contributed by atoms with E-state index in [4.69, 9.17) is 0 Å². The van der Waals surface area contributed by atoms with Crippen molar-refractivity contribution in [2.45, 2.75) is 0 Å². The normalized spacial score (nSPS) is 23.9. The fourth-order valence-corrected chi connectivity index (χ4v) is 21.9. The third-order valence-corrected chi connectivity index (χ3v) is 22.5. The Balaban J connectivity index is 1.79. The van der Waals surface area contributed by atoms with Gasteiger partial charge in [0.25, 0.3) is 0 Å². The predicted molar refractivity (Wildman–Crippen MR) is 87.5 cm³/mol. The summed E-state index contributed by atoms with van der Waals surface area (Å²) < 4.78 is 9.86. The van der Waals surface area contributed by atoms with Gasteiger partial charge in [0, 0.05) is 0 Å². The van der Waals surface area contributed by atoms with E-state index in [0.717, 1.165) is 0 Å². The molecule has 0 radical (unpaired) electrons. The molecule has 2 N–H and O–H groups in total. The van der Waals surface area contributed by atoms with Gasteiger partial charge in [0.15, 0.2) is 0 Å². The topological polar surface area (TPSA) is 24.1 Å². The van der Waals surface area contributed by atoms with Crippen LogP contribution in [0.25, 0.3) is 0 Å². The average Bonchev–Trinajstić information content (AvgIpc) is 2.83. The van der Waals surface area contributed by atoms with Gasteiger partial charge < -0.3 is 0 Å². The molecule has 3 heterocycles. The molecule has 2 nitrogen and oxygen atoms in total. The first kappa shape index (κ1) is 13.1. The van der Waals surface area contributed by atoms with Crippen LogP contribution < -0.4 is 10.6 Å². The summed E-state index contributed by atoms with van der Waals surface area (Å²) in [7, 11) is 0. The van der Waals surface area contributed by atoms with Crippen LogP contribution in [0.5, 0.6) is 0 Å². The van der Waals surface area contributed by atoms with E-state index in [9.17, 15) is 0 Å². The molecule has 3 aliphatic heterocycles. The Hall–Kier alpha value is 2.10. The molecule has 0 aromatic rings. The second-order valence-corrected chi connectivity index (χ2v) is 19.4. The van der Waals surface area contributed by atoms with Crippen LogP contribution in [-0.4, -0.2) is 59.8 Å². The molecule has 0 aromatic carbocycles. The van der Waals surface area contributed by atoms with Gasteiger partial charge in [-0.05, 0) is 0 Å². The van der Waals surface area contributed by atoms with Crippen LogP contribution >= 0.6 is 45.2 Å². The Kier molecular flexibility index (Phi) is 4.59. The van der Waals surface area contributed by atoms with Crippen LogP contribution in [0.3, 0.4) is 0 Å². The zero-order chi connectivity index (χ0) is 11.1. The molecule has 84 valence electrons. The van der Waals surface area contributed by atoms with E-state index in [1.165, 1.54) is 9.19 Å². The summed E-state index contributed by atoms with van der Waals surface area (Å²) in [5.41, 5.74) is 0. The van der Waals surface area contributed by atoms with Gasteiger partial charge in [0.2, 0.25) is 0 Å². The predicted octanol–water partition coefficient (Wildman–Crippen LogP) is 0.744. The minimum atomic E-state index is 0.574. The van der Waals surface area contributed by atoms with Crippen molar-refractivity contribution in [3.05, 3.63) is 33.3 Å². The van der Waals surface area contributed by atoms with Crippen LogP contribution in [0.1, 0.15) is 0 Å². The van der Waals surface area contributed by atoms with E-state index in [1.54, 1.807) is 8.33 Å². The van der Waals surface area contributed by atoms with Crippen LogP contribution in [0, 0.1) is 0 Å². The molecular weight excluding hydrogens is 694 g/mol. The van der Waals surface area contributed by atoms with Gasteiger partial charge >= 0.3 is 149 Å². The summed E-state index contributed by atoms with van der Waals surface area (Å²) in [5.74, 6) is 0. The first-order chi connectivity index (χ1) is 7.74. The second-order valence-electron chi connectivity index (χ2n) is 2.81. The van der Waals surface area contributed by atoms with Gasteiger partial charge in [0.1, 0.15) is 0 Å². The molecule has 0 aromatic heterocycles. The van der Waals surface area contributed by atoms with Crippen molar-refractivity contribution >= 4 is 105 Å². The van der Waals surface area contributed by atoms with Crippen molar-refractivity contribution in [3.63, 3.8) is 0 Å². The van der Waals surface area contributed by atoms with Gasteiger partial charge in [0.05, 0.1) is 0 Å². The Morgan fingerprint density at radius 3 is 1.69 bits per heavy atom. The molecule has 0 unspecified atom stereocenters. The van der Waals surface area contributed by atoms with Crippen LogP contribution in [0.2, 0.25) is 0 Å². The fourth-order valence-electron chi connectivity index (χ4n) is 1.15. The van der Waals surface area contributed by atoms with Gasteiger partial charge in [-0.15, -0.1) is 0 Å². The minimum absolute atomic E-state index is 0.574. The number of rotatable bonds is 0. The molecule has 0 aliphatic carbocycles. The molecule has 0 fully saturated rings. The van der Waals surface area contributed by atoms with E-state index >= 15 is 0 Å². The van der Waals surface area contributed by atoms with E-state index in [1.807, 2.05) is 15.8 Å². The van der Waals surface area contributed by atoms with Crippen molar-refractivity contribution < 1.29 is 0 Å². The summed E-state index contributed by atoms with van der Waals surface area (Å²) in [6.45, 7) is 0. The third-order valence-electron chi connectivity index (χ3n) is 1.79. The molecule has 0 amide bonds. The monoisotopic (exact) mass is 702 g/mol. The van der Waals surface area contributed by atoms with Gasteiger partial charge in [-0.25, -0.2) is 0 Å². The molecule has 0 saturated heterocycles. The van der Waals surface area contributed by atoms with E-state index in [0.29, 0.717) is 59.8 Å². The Labute approximate surface area is 146 Å². The first-order valence-electron chi connectivity index (χ1n) is 4.17. The molecule has 8 heteroatoms. The standard InChI is InChI=1S/C8H4I2N2Se4/c9-3-4(10)14-7(13-3)8-15-5-6(16-8)12-2-1-11-5/h1-2,11-12H. The van der Waals surface area contributed by atoms with Crippen molar-refractivity contribution in [2.75, 3.05) is 0 Å². The SMILES string of the molecule is IC1=C(I)[Se]C(=C2[Se]C3=C(NC=CN3)[Se]2)[Se]1. The van der Waals surface area contributed by atoms with Crippen molar-refractivity contribution in [1.82, 2.24) is 10.6 Å². The number of hydrogen-bond donors (Lipinski definition) is 2.